The van der Waals surface area contributed by atoms with E-state index in [9.17, 15) is 22.4 Å². The molecular formula is C13H14F4N2O. The molecule has 1 amide bonds. The van der Waals surface area contributed by atoms with Crippen LogP contribution in [0, 0.1) is 29.2 Å². The quantitative estimate of drug-likeness (QED) is 0.661. The van der Waals surface area contributed by atoms with Gasteiger partial charge in [-0.2, -0.15) is 0 Å². The summed E-state index contributed by atoms with van der Waals surface area (Å²) in [5.74, 6) is -6.61. The van der Waals surface area contributed by atoms with E-state index in [1.54, 1.807) is 0 Å². The summed E-state index contributed by atoms with van der Waals surface area (Å²) >= 11 is 0. The maximum absolute atomic E-state index is 13.3. The molecule has 0 aromatic heterocycles. The molecule has 1 aliphatic heterocycles. The van der Waals surface area contributed by atoms with Crippen LogP contribution in [0.5, 0.6) is 0 Å². The second-order valence-corrected chi connectivity index (χ2v) is 4.79. The van der Waals surface area contributed by atoms with E-state index in [0.29, 0.717) is 12.3 Å². The molecule has 0 spiro atoms. The lowest BCUT2D eigenvalue weighted by atomic mass is 10.0. The predicted octanol–water partition coefficient (Wildman–Crippen LogP) is 2.57. The second-order valence-electron chi connectivity index (χ2n) is 4.79. The lowest BCUT2D eigenvalue weighted by Gasteiger charge is -2.10. The highest BCUT2D eigenvalue weighted by atomic mass is 19.2. The number of hydrogen-bond acceptors (Lipinski definition) is 2. The van der Waals surface area contributed by atoms with Crippen molar-refractivity contribution < 1.29 is 22.4 Å². The van der Waals surface area contributed by atoms with Crippen molar-refractivity contribution in [3.05, 3.63) is 29.3 Å². The van der Waals surface area contributed by atoms with Crippen molar-refractivity contribution in [2.75, 3.05) is 18.4 Å². The van der Waals surface area contributed by atoms with E-state index in [1.165, 1.54) is 0 Å². The lowest BCUT2D eigenvalue weighted by molar-refractivity contribution is -0.116. The third kappa shape index (κ3) is 3.27. The molecule has 0 radical (unpaired) electrons. The minimum atomic E-state index is -1.60. The molecule has 1 aromatic rings. The van der Waals surface area contributed by atoms with Crippen LogP contribution in [0.1, 0.15) is 19.3 Å². The molecule has 1 unspecified atom stereocenters. The Hall–Kier alpha value is -1.63. The summed E-state index contributed by atoms with van der Waals surface area (Å²) in [5, 5.41) is 5.02. The Balaban J connectivity index is 2.00. The first-order valence-electron chi connectivity index (χ1n) is 6.32. The maximum Gasteiger partial charge on any atom is 0.224 e. The molecule has 0 bridgehead atoms. The van der Waals surface area contributed by atoms with E-state index >= 15 is 0 Å². The molecule has 1 heterocycles. The van der Waals surface area contributed by atoms with Gasteiger partial charge in [0, 0.05) is 12.5 Å². The zero-order valence-corrected chi connectivity index (χ0v) is 10.6. The van der Waals surface area contributed by atoms with Gasteiger partial charge in [-0.15, -0.1) is 0 Å². The lowest BCUT2D eigenvalue weighted by Crippen LogP contribution is -2.17. The Morgan fingerprint density at radius 3 is 2.45 bits per heavy atom. The smallest absolute Gasteiger partial charge is 0.224 e. The molecular weight excluding hydrogens is 276 g/mol. The predicted molar refractivity (Wildman–Crippen MR) is 65.1 cm³/mol. The van der Waals surface area contributed by atoms with E-state index in [1.807, 2.05) is 5.32 Å². The monoisotopic (exact) mass is 290 g/mol. The van der Waals surface area contributed by atoms with E-state index in [0.717, 1.165) is 19.5 Å². The van der Waals surface area contributed by atoms with Crippen molar-refractivity contribution in [3.63, 3.8) is 0 Å². The second kappa shape index (κ2) is 6.21. The van der Waals surface area contributed by atoms with Gasteiger partial charge in [0.1, 0.15) is 5.69 Å². The molecule has 3 nitrogen and oxygen atoms in total. The van der Waals surface area contributed by atoms with Gasteiger partial charge in [-0.3, -0.25) is 4.79 Å². The van der Waals surface area contributed by atoms with Crippen molar-refractivity contribution in [1.82, 2.24) is 5.32 Å². The first-order chi connectivity index (χ1) is 9.49. The summed E-state index contributed by atoms with van der Waals surface area (Å²) in [7, 11) is 0. The molecule has 1 atom stereocenters. The average Bonchev–Trinajstić information content (AvgIpc) is 2.92. The molecule has 1 fully saturated rings. The van der Waals surface area contributed by atoms with Crippen molar-refractivity contribution in [1.29, 1.82) is 0 Å². The Labute approximate surface area is 113 Å². The topological polar surface area (TPSA) is 41.1 Å². The van der Waals surface area contributed by atoms with Crippen LogP contribution < -0.4 is 10.6 Å². The number of carbonyl (C=O) groups is 1. The number of nitrogens with one attached hydrogen (secondary N) is 2. The molecule has 0 aliphatic carbocycles. The molecule has 2 N–H and O–H groups in total. The summed E-state index contributed by atoms with van der Waals surface area (Å²) in [6.07, 6.45) is 1.54. The van der Waals surface area contributed by atoms with E-state index in [-0.39, 0.29) is 12.5 Å². The summed E-state index contributed by atoms with van der Waals surface area (Å²) in [6, 6.07) is 0.102. The van der Waals surface area contributed by atoms with Gasteiger partial charge >= 0.3 is 0 Å². The minimum Gasteiger partial charge on any atom is -0.321 e. The fourth-order valence-electron chi connectivity index (χ4n) is 2.18. The maximum atomic E-state index is 13.3. The third-order valence-electron chi connectivity index (χ3n) is 3.32. The molecule has 1 aromatic carbocycles. The highest BCUT2D eigenvalue weighted by Crippen LogP contribution is 2.24. The Morgan fingerprint density at radius 1 is 1.25 bits per heavy atom. The highest BCUT2D eigenvalue weighted by Gasteiger charge is 2.21. The SMILES string of the molecule is O=C(CCC1CCNC1)Nc1c(F)c(F)cc(F)c1F. The number of carbonyl (C=O) groups excluding carboxylic acids is 1. The van der Waals surface area contributed by atoms with Crippen LogP contribution in [0.3, 0.4) is 0 Å². The van der Waals surface area contributed by atoms with Crippen LogP contribution in [0.4, 0.5) is 23.2 Å². The molecule has 1 saturated heterocycles. The van der Waals surface area contributed by atoms with Crippen molar-refractivity contribution >= 4 is 11.6 Å². The van der Waals surface area contributed by atoms with Crippen LogP contribution in [0.2, 0.25) is 0 Å². The number of hydrogen-bond donors (Lipinski definition) is 2. The van der Waals surface area contributed by atoms with E-state index in [4.69, 9.17) is 0 Å². The van der Waals surface area contributed by atoms with Gasteiger partial charge in [0.15, 0.2) is 23.3 Å². The van der Waals surface area contributed by atoms with Crippen LogP contribution in [-0.4, -0.2) is 19.0 Å². The van der Waals surface area contributed by atoms with Gasteiger partial charge in [-0.25, -0.2) is 17.6 Å². The first-order valence-corrected chi connectivity index (χ1v) is 6.32. The number of amides is 1. The molecule has 7 heteroatoms. The largest absolute Gasteiger partial charge is 0.321 e. The van der Waals surface area contributed by atoms with Gasteiger partial charge in [0.2, 0.25) is 5.91 Å². The minimum absolute atomic E-state index is 0.0450. The summed E-state index contributed by atoms with van der Waals surface area (Å²) in [5.41, 5.74) is -1.07. The summed E-state index contributed by atoms with van der Waals surface area (Å²) in [4.78, 5) is 11.6. The fourth-order valence-corrected chi connectivity index (χ4v) is 2.18. The van der Waals surface area contributed by atoms with Gasteiger partial charge in [-0.1, -0.05) is 0 Å². The van der Waals surface area contributed by atoms with Gasteiger partial charge in [0.05, 0.1) is 0 Å². The van der Waals surface area contributed by atoms with Crippen LogP contribution >= 0.6 is 0 Å². The first kappa shape index (κ1) is 14.8. The van der Waals surface area contributed by atoms with E-state index in [2.05, 4.69) is 5.32 Å². The Morgan fingerprint density at radius 2 is 1.90 bits per heavy atom. The standard InChI is InChI=1S/C13H14F4N2O/c14-8-5-9(15)12(17)13(11(8)16)19-10(20)2-1-7-3-4-18-6-7/h5,7,18H,1-4,6H2,(H,19,20). The number of halogens is 4. The Bertz CT molecular complexity index is 489. The third-order valence-corrected chi connectivity index (χ3v) is 3.32. The highest BCUT2D eigenvalue weighted by molar-refractivity contribution is 5.91. The fraction of sp³-hybridized carbons (Fsp3) is 0.462. The van der Waals surface area contributed by atoms with Crippen molar-refractivity contribution in [3.8, 4) is 0 Å². The van der Waals surface area contributed by atoms with Crippen LogP contribution in [0.25, 0.3) is 0 Å². The normalized spacial score (nSPS) is 18.3. The average molecular weight is 290 g/mol. The number of anilines is 1. The molecule has 20 heavy (non-hydrogen) atoms. The van der Waals surface area contributed by atoms with Crippen molar-refractivity contribution in [2.24, 2.45) is 5.92 Å². The summed E-state index contributed by atoms with van der Waals surface area (Å²) in [6.45, 7) is 1.68. The number of benzene rings is 1. The van der Waals surface area contributed by atoms with Gasteiger partial charge in [-0.05, 0) is 31.8 Å². The van der Waals surface area contributed by atoms with Crippen LogP contribution in [0.15, 0.2) is 6.07 Å². The molecule has 0 saturated carbocycles. The molecule has 1 aliphatic rings. The zero-order valence-electron chi connectivity index (χ0n) is 10.6. The van der Waals surface area contributed by atoms with Gasteiger partial charge < -0.3 is 10.6 Å². The zero-order chi connectivity index (χ0) is 14.7. The van der Waals surface area contributed by atoms with Crippen molar-refractivity contribution in [2.45, 2.75) is 19.3 Å². The number of rotatable bonds is 4. The van der Waals surface area contributed by atoms with Crippen LogP contribution in [-0.2, 0) is 4.79 Å². The Kier molecular flexibility index (Phi) is 4.59. The molecule has 110 valence electrons. The summed E-state index contributed by atoms with van der Waals surface area (Å²) < 4.78 is 52.6. The van der Waals surface area contributed by atoms with Gasteiger partial charge in [0.25, 0.3) is 0 Å². The van der Waals surface area contributed by atoms with E-state index < -0.39 is 34.9 Å². The molecule has 2 rings (SSSR count).